The maximum absolute atomic E-state index is 12.3. The molecule has 0 spiro atoms. The molecular weight excluding hydrogens is 196 g/mol. The van der Waals surface area contributed by atoms with E-state index in [0.717, 1.165) is 11.1 Å². The van der Waals surface area contributed by atoms with Crippen molar-refractivity contribution >= 4 is 5.78 Å². The van der Waals surface area contributed by atoms with Crippen LogP contribution in [0.15, 0.2) is 48.5 Å². The average molecular weight is 212 g/mol. The summed E-state index contributed by atoms with van der Waals surface area (Å²) in [5.41, 5.74) is 2.88. The van der Waals surface area contributed by atoms with Crippen molar-refractivity contribution in [1.82, 2.24) is 0 Å². The molecule has 0 N–H and O–H groups in total. The third-order valence-corrected chi connectivity index (χ3v) is 2.74. The Morgan fingerprint density at radius 2 is 1.81 bits per heavy atom. The molecule has 1 heteroatoms. The van der Waals surface area contributed by atoms with Gasteiger partial charge >= 0.3 is 0 Å². The molecule has 0 amide bonds. The SMILES string of the molecule is [2H]c1ccc(C(=O)c2ccc([2H])c(C)c2C)cc1. The largest absolute Gasteiger partial charge is 0.289 e. The minimum absolute atomic E-state index is 0.0596. The number of rotatable bonds is 2. The highest BCUT2D eigenvalue weighted by atomic mass is 16.1. The lowest BCUT2D eigenvalue weighted by Crippen LogP contribution is -2.04. The number of benzene rings is 2. The zero-order valence-corrected chi connectivity index (χ0v) is 9.37. The second-order valence-corrected chi connectivity index (χ2v) is 3.76. The highest BCUT2D eigenvalue weighted by molar-refractivity contribution is 6.09. The van der Waals surface area contributed by atoms with Gasteiger partial charge in [-0.2, -0.15) is 0 Å². The van der Waals surface area contributed by atoms with Crippen LogP contribution in [0, 0.1) is 13.8 Å². The maximum Gasteiger partial charge on any atom is 0.193 e. The molecule has 0 radical (unpaired) electrons. The number of ketones is 1. The topological polar surface area (TPSA) is 17.1 Å². The Hall–Kier alpha value is -1.89. The van der Waals surface area contributed by atoms with E-state index in [-0.39, 0.29) is 5.78 Å². The van der Waals surface area contributed by atoms with Crippen molar-refractivity contribution in [3.8, 4) is 0 Å². The molecule has 80 valence electrons. The van der Waals surface area contributed by atoms with Crippen LogP contribution in [0.4, 0.5) is 0 Å². The number of hydrogen-bond acceptors (Lipinski definition) is 1. The Bertz CT molecular complexity index is 601. The normalized spacial score (nSPS) is 11.9. The van der Waals surface area contributed by atoms with E-state index in [9.17, 15) is 4.79 Å². The fourth-order valence-corrected chi connectivity index (χ4v) is 1.63. The van der Waals surface area contributed by atoms with E-state index in [1.165, 1.54) is 0 Å². The van der Waals surface area contributed by atoms with Crippen molar-refractivity contribution < 1.29 is 7.54 Å². The molecule has 0 atom stereocenters. The van der Waals surface area contributed by atoms with Gasteiger partial charge in [0, 0.05) is 11.1 Å². The Balaban J connectivity index is 2.46. The van der Waals surface area contributed by atoms with Gasteiger partial charge in [-0.05, 0) is 25.0 Å². The van der Waals surface area contributed by atoms with Crippen LogP contribution in [0.3, 0.4) is 0 Å². The Labute approximate surface area is 98.6 Å². The van der Waals surface area contributed by atoms with Crippen molar-refractivity contribution in [3.63, 3.8) is 0 Å². The highest BCUT2D eigenvalue weighted by Gasteiger charge is 2.11. The summed E-state index contributed by atoms with van der Waals surface area (Å²) in [7, 11) is 0. The second-order valence-electron chi connectivity index (χ2n) is 3.76. The van der Waals surface area contributed by atoms with Crippen LogP contribution in [-0.2, 0) is 0 Å². The van der Waals surface area contributed by atoms with Crippen molar-refractivity contribution in [1.29, 1.82) is 0 Å². The number of carbonyl (C=O) groups excluding carboxylic acids is 1. The summed E-state index contributed by atoms with van der Waals surface area (Å²) in [6, 6.07) is 10.7. The molecule has 1 nitrogen and oxygen atoms in total. The molecule has 2 aromatic rings. The molecule has 2 rings (SSSR count). The Kier molecular flexibility index (Phi) is 2.23. The lowest BCUT2D eigenvalue weighted by atomic mass is 9.96. The molecule has 0 saturated carbocycles. The van der Waals surface area contributed by atoms with Gasteiger partial charge in [-0.3, -0.25) is 4.79 Å². The zero-order chi connectivity index (χ0) is 13.3. The predicted molar refractivity (Wildman–Crippen MR) is 65.8 cm³/mol. The lowest BCUT2D eigenvalue weighted by Gasteiger charge is -2.07. The van der Waals surface area contributed by atoms with Gasteiger partial charge in [-0.1, -0.05) is 48.5 Å². The van der Waals surface area contributed by atoms with Crippen molar-refractivity contribution in [2.75, 3.05) is 0 Å². The van der Waals surface area contributed by atoms with Gasteiger partial charge < -0.3 is 0 Å². The zero-order valence-electron chi connectivity index (χ0n) is 11.4. The summed E-state index contributed by atoms with van der Waals surface area (Å²) >= 11 is 0. The van der Waals surface area contributed by atoms with Gasteiger partial charge in [0.2, 0.25) is 0 Å². The Morgan fingerprint density at radius 1 is 1.12 bits per heavy atom. The molecule has 0 heterocycles. The van der Waals surface area contributed by atoms with Crippen molar-refractivity contribution in [2.45, 2.75) is 13.8 Å². The van der Waals surface area contributed by atoms with E-state index in [0.29, 0.717) is 23.2 Å². The van der Waals surface area contributed by atoms with Gasteiger partial charge in [-0.25, -0.2) is 0 Å². The van der Waals surface area contributed by atoms with Crippen LogP contribution in [0.25, 0.3) is 0 Å². The second kappa shape index (κ2) is 4.31. The molecule has 0 aliphatic rings. The highest BCUT2D eigenvalue weighted by Crippen LogP contribution is 2.16. The molecule has 0 aliphatic carbocycles. The maximum atomic E-state index is 12.3. The van der Waals surface area contributed by atoms with E-state index in [1.807, 2.05) is 13.8 Å². The van der Waals surface area contributed by atoms with Crippen LogP contribution < -0.4 is 0 Å². The molecular formula is C15H14O. The fraction of sp³-hybridized carbons (Fsp3) is 0.133. The summed E-state index contributed by atoms with van der Waals surface area (Å²) in [4.78, 5) is 12.3. The summed E-state index contributed by atoms with van der Waals surface area (Å²) in [6.45, 7) is 3.71. The van der Waals surface area contributed by atoms with E-state index in [1.54, 1.807) is 36.4 Å². The fourth-order valence-electron chi connectivity index (χ4n) is 1.63. The lowest BCUT2D eigenvalue weighted by molar-refractivity contribution is 0.103. The number of hydrogen-bond donors (Lipinski definition) is 0. The van der Waals surface area contributed by atoms with Crippen LogP contribution in [0.2, 0.25) is 0 Å². The van der Waals surface area contributed by atoms with E-state index >= 15 is 0 Å². The minimum atomic E-state index is -0.0596. The molecule has 0 bridgehead atoms. The molecule has 16 heavy (non-hydrogen) atoms. The van der Waals surface area contributed by atoms with E-state index in [4.69, 9.17) is 2.74 Å². The van der Waals surface area contributed by atoms with Gasteiger partial charge in [0.25, 0.3) is 0 Å². The van der Waals surface area contributed by atoms with E-state index in [2.05, 4.69) is 0 Å². The monoisotopic (exact) mass is 212 g/mol. The molecule has 0 aromatic heterocycles. The first-order valence-electron chi connectivity index (χ1n) is 6.19. The third-order valence-electron chi connectivity index (χ3n) is 2.74. The number of carbonyl (C=O) groups is 1. The minimum Gasteiger partial charge on any atom is -0.289 e. The van der Waals surface area contributed by atoms with Crippen LogP contribution in [0.5, 0.6) is 0 Å². The van der Waals surface area contributed by atoms with Crippen LogP contribution >= 0.6 is 0 Å². The summed E-state index contributed by atoms with van der Waals surface area (Å²) < 4.78 is 15.1. The van der Waals surface area contributed by atoms with Gasteiger partial charge in [0.05, 0.1) is 2.74 Å². The summed E-state index contributed by atoms with van der Waals surface area (Å²) in [5.74, 6) is -0.0596. The predicted octanol–water partition coefficient (Wildman–Crippen LogP) is 3.53. The molecule has 0 fully saturated rings. The standard InChI is InChI=1S/C15H14O/c1-11-7-6-10-14(12(11)2)15(16)13-8-4-3-5-9-13/h3-10H,1-2H3/i3D,7D. The molecule has 0 saturated heterocycles. The molecule has 2 aromatic carbocycles. The quantitative estimate of drug-likeness (QED) is 0.696. The van der Waals surface area contributed by atoms with Crippen molar-refractivity contribution in [3.05, 3.63) is 70.7 Å². The van der Waals surface area contributed by atoms with Crippen LogP contribution in [-0.4, -0.2) is 5.78 Å². The van der Waals surface area contributed by atoms with E-state index < -0.39 is 0 Å². The van der Waals surface area contributed by atoms with Crippen LogP contribution in [0.1, 0.15) is 29.8 Å². The summed E-state index contributed by atoms with van der Waals surface area (Å²) in [6.07, 6.45) is 0. The molecule has 0 unspecified atom stereocenters. The first-order valence-corrected chi connectivity index (χ1v) is 5.19. The van der Waals surface area contributed by atoms with Crippen molar-refractivity contribution in [2.24, 2.45) is 0 Å². The first kappa shape index (κ1) is 8.28. The summed E-state index contributed by atoms with van der Waals surface area (Å²) in [5, 5.41) is 0. The average Bonchev–Trinajstić information content (AvgIpc) is 2.36. The van der Waals surface area contributed by atoms with Gasteiger partial charge in [-0.15, -0.1) is 0 Å². The van der Waals surface area contributed by atoms with Gasteiger partial charge in [0.15, 0.2) is 5.78 Å². The van der Waals surface area contributed by atoms with Gasteiger partial charge in [0.1, 0.15) is 0 Å². The third kappa shape index (κ3) is 1.89. The Morgan fingerprint density at radius 3 is 2.50 bits per heavy atom. The molecule has 0 aliphatic heterocycles. The smallest absolute Gasteiger partial charge is 0.193 e. The first-order chi connectivity index (χ1) is 8.50.